The summed E-state index contributed by atoms with van der Waals surface area (Å²) in [7, 11) is 0. The summed E-state index contributed by atoms with van der Waals surface area (Å²) >= 11 is 5.79. The zero-order valence-electron chi connectivity index (χ0n) is 10.6. The van der Waals surface area contributed by atoms with Gasteiger partial charge in [-0.3, -0.25) is 11.3 Å². The molecule has 2 aromatic carbocycles. The first-order valence-corrected chi connectivity index (χ1v) is 6.71. The molecule has 1 aliphatic rings. The summed E-state index contributed by atoms with van der Waals surface area (Å²) in [6.07, 6.45) is 0. The van der Waals surface area contributed by atoms with Crippen molar-refractivity contribution in [1.29, 1.82) is 0 Å². The van der Waals surface area contributed by atoms with E-state index in [1.54, 1.807) is 12.1 Å². The molecule has 2 aromatic rings. The van der Waals surface area contributed by atoms with Gasteiger partial charge in [0, 0.05) is 22.1 Å². The highest BCUT2D eigenvalue weighted by Crippen LogP contribution is 2.41. The third kappa shape index (κ3) is 2.26. The first-order chi connectivity index (χ1) is 9.70. The predicted octanol–water partition coefficient (Wildman–Crippen LogP) is 3.16. The first kappa shape index (κ1) is 13.4. The predicted molar refractivity (Wildman–Crippen MR) is 76.2 cm³/mol. The quantitative estimate of drug-likeness (QED) is 0.675. The molecule has 0 fully saturated rings. The molecular weight excluding hydrogens is 279 g/mol. The molecule has 3 nitrogen and oxygen atoms in total. The van der Waals surface area contributed by atoms with Gasteiger partial charge in [-0.2, -0.15) is 0 Å². The van der Waals surface area contributed by atoms with Crippen molar-refractivity contribution in [2.45, 2.75) is 12.0 Å². The smallest absolute Gasteiger partial charge is 0.129 e. The molecule has 1 aliphatic heterocycles. The van der Waals surface area contributed by atoms with E-state index in [0.29, 0.717) is 17.2 Å². The van der Waals surface area contributed by atoms with E-state index in [0.717, 1.165) is 11.3 Å². The summed E-state index contributed by atoms with van der Waals surface area (Å²) in [4.78, 5) is 0. The Hall–Kier alpha value is -1.62. The fourth-order valence-corrected chi connectivity index (χ4v) is 2.80. The molecule has 0 saturated heterocycles. The van der Waals surface area contributed by atoms with Gasteiger partial charge in [-0.05, 0) is 18.2 Å². The number of para-hydroxylation sites is 1. The van der Waals surface area contributed by atoms with Crippen molar-refractivity contribution in [1.82, 2.24) is 5.43 Å². The fraction of sp³-hybridized carbons (Fsp3) is 0.200. The van der Waals surface area contributed by atoms with Crippen LogP contribution < -0.4 is 16.0 Å². The monoisotopic (exact) mass is 292 g/mol. The van der Waals surface area contributed by atoms with E-state index in [2.05, 4.69) is 5.43 Å². The van der Waals surface area contributed by atoms with Gasteiger partial charge >= 0.3 is 0 Å². The lowest BCUT2D eigenvalue weighted by atomic mass is 9.88. The Bertz CT molecular complexity index is 635. The van der Waals surface area contributed by atoms with E-state index in [1.165, 1.54) is 6.07 Å². The molecule has 0 aliphatic carbocycles. The standard InChI is InChI=1S/C15H14ClFN2O/c16-9-5-6-11(13(17)7-9)15(19-18)12-8-20-14-4-2-1-3-10(12)14/h1-7,12,15,19H,8,18H2. The second kappa shape index (κ2) is 5.40. The maximum Gasteiger partial charge on any atom is 0.129 e. The summed E-state index contributed by atoms with van der Waals surface area (Å²) < 4.78 is 19.7. The van der Waals surface area contributed by atoms with Crippen molar-refractivity contribution in [3.8, 4) is 5.75 Å². The Kier molecular flexibility index (Phi) is 3.61. The largest absolute Gasteiger partial charge is 0.493 e. The van der Waals surface area contributed by atoms with Crippen LogP contribution in [0.3, 0.4) is 0 Å². The molecule has 0 amide bonds. The van der Waals surface area contributed by atoms with Crippen LogP contribution >= 0.6 is 11.6 Å². The molecule has 0 aromatic heterocycles. The molecule has 3 N–H and O–H groups in total. The second-order valence-corrected chi connectivity index (χ2v) is 5.20. The molecule has 20 heavy (non-hydrogen) atoms. The first-order valence-electron chi connectivity index (χ1n) is 6.33. The number of halogens is 2. The van der Waals surface area contributed by atoms with Crippen molar-refractivity contribution in [2.24, 2.45) is 5.84 Å². The Morgan fingerprint density at radius 3 is 2.85 bits per heavy atom. The number of ether oxygens (including phenoxy) is 1. The number of nitrogens with one attached hydrogen (secondary N) is 1. The Morgan fingerprint density at radius 2 is 2.10 bits per heavy atom. The van der Waals surface area contributed by atoms with Gasteiger partial charge in [0.2, 0.25) is 0 Å². The fourth-order valence-electron chi connectivity index (χ4n) is 2.64. The van der Waals surface area contributed by atoms with Gasteiger partial charge in [0.25, 0.3) is 0 Å². The number of hydrogen-bond donors (Lipinski definition) is 2. The summed E-state index contributed by atoms with van der Waals surface area (Å²) in [6.45, 7) is 0.469. The lowest BCUT2D eigenvalue weighted by Gasteiger charge is -2.23. The van der Waals surface area contributed by atoms with Gasteiger partial charge in [-0.15, -0.1) is 0 Å². The van der Waals surface area contributed by atoms with Crippen LogP contribution in [0.2, 0.25) is 5.02 Å². The summed E-state index contributed by atoms with van der Waals surface area (Å²) in [5.74, 6) is 6.06. The van der Waals surface area contributed by atoms with Gasteiger partial charge in [-0.1, -0.05) is 35.9 Å². The lowest BCUT2D eigenvalue weighted by molar-refractivity contribution is 0.298. The Balaban J connectivity index is 1.99. The molecule has 0 spiro atoms. The average Bonchev–Trinajstić information content (AvgIpc) is 2.86. The van der Waals surface area contributed by atoms with Crippen LogP contribution in [-0.4, -0.2) is 6.61 Å². The maximum atomic E-state index is 14.1. The highest BCUT2D eigenvalue weighted by atomic mass is 35.5. The Morgan fingerprint density at radius 1 is 1.30 bits per heavy atom. The van der Waals surface area contributed by atoms with E-state index in [-0.39, 0.29) is 17.8 Å². The number of hydrogen-bond acceptors (Lipinski definition) is 3. The van der Waals surface area contributed by atoms with Crippen LogP contribution in [0, 0.1) is 5.82 Å². The van der Waals surface area contributed by atoms with Crippen molar-refractivity contribution in [3.05, 3.63) is 64.4 Å². The molecule has 0 radical (unpaired) electrons. The molecule has 2 unspecified atom stereocenters. The molecule has 2 atom stereocenters. The van der Waals surface area contributed by atoms with Gasteiger partial charge < -0.3 is 4.74 Å². The van der Waals surface area contributed by atoms with Gasteiger partial charge in [-0.25, -0.2) is 4.39 Å². The summed E-state index contributed by atoms with van der Waals surface area (Å²) in [5.41, 5.74) is 4.22. The summed E-state index contributed by atoms with van der Waals surface area (Å²) in [6, 6.07) is 12.0. The van der Waals surface area contributed by atoms with Crippen molar-refractivity contribution >= 4 is 11.6 Å². The van der Waals surface area contributed by atoms with E-state index in [9.17, 15) is 4.39 Å². The highest BCUT2D eigenvalue weighted by molar-refractivity contribution is 6.30. The molecule has 1 heterocycles. The minimum atomic E-state index is -0.371. The Labute approximate surface area is 121 Å². The van der Waals surface area contributed by atoms with E-state index in [1.807, 2.05) is 24.3 Å². The van der Waals surface area contributed by atoms with Crippen LogP contribution in [0.4, 0.5) is 4.39 Å². The molecule has 3 rings (SSSR count). The van der Waals surface area contributed by atoms with Crippen LogP contribution in [-0.2, 0) is 0 Å². The van der Waals surface area contributed by atoms with Crippen LogP contribution in [0.25, 0.3) is 0 Å². The SMILES string of the molecule is NNC(c1ccc(Cl)cc1F)C1COc2ccccc21. The topological polar surface area (TPSA) is 47.3 Å². The van der Waals surface area contributed by atoms with Gasteiger partial charge in [0.15, 0.2) is 0 Å². The van der Waals surface area contributed by atoms with Crippen molar-refractivity contribution in [3.63, 3.8) is 0 Å². The van der Waals surface area contributed by atoms with Crippen LogP contribution in [0.1, 0.15) is 23.1 Å². The van der Waals surface area contributed by atoms with E-state index >= 15 is 0 Å². The molecular formula is C15H14ClFN2O. The molecule has 5 heteroatoms. The molecule has 0 saturated carbocycles. The minimum Gasteiger partial charge on any atom is -0.493 e. The van der Waals surface area contributed by atoms with Crippen molar-refractivity contribution in [2.75, 3.05) is 6.61 Å². The number of benzene rings is 2. The van der Waals surface area contributed by atoms with E-state index < -0.39 is 0 Å². The average molecular weight is 293 g/mol. The third-order valence-electron chi connectivity index (χ3n) is 3.62. The zero-order chi connectivity index (χ0) is 14.1. The summed E-state index contributed by atoms with van der Waals surface area (Å²) in [5, 5.41) is 0.366. The normalized spacial score (nSPS) is 18.4. The zero-order valence-corrected chi connectivity index (χ0v) is 11.4. The van der Waals surface area contributed by atoms with Crippen molar-refractivity contribution < 1.29 is 9.13 Å². The lowest BCUT2D eigenvalue weighted by Crippen LogP contribution is -2.33. The third-order valence-corrected chi connectivity index (χ3v) is 3.85. The van der Waals surface area contributed by atoms with Crippen LogP contribution in [0.15, 0.2) is 42.5 Å². The second-order valence-electron chi connectivity index (χ2n) is 4.77. The number of fused-ring (bicyclic) bond motifs is 1. The molecule has 0 bridgehead atoms. The number of hydrazine groups is 1. The molecule has 104 valence electrons. The number of rotatable bonds is 3. The minimum absolute atomic E-state index is 0.0353. The highest BCUT2D eigenvalue weighted by Gasteiger charge is 2.33. The van der Waals surface area contributed by atoms with Gasteiger partial charge in [0.1, 0.15) is 11.6 Å². The van der Waals surface area contributed by atoms with E-state index in [4.69, 9.17) is 22.2 Å². The maximum absolute atomic E-state index is 14.1. The van der Waals surface area contributed by atoms with Gasteiger partial charge in [0.05, 0.1) is 12.6 Å². The van der Waals surface area contributed by atoms with Crippen LogP contribution in [0.5, 0.6) is 5.75 Å². The number of nitrogens with two attached hydrogens (primary N) is 1.